The van der Waals surface area contributed by atoms with Crippen LogP contribution in [0.4, 0.5) is 0 Å². The average Bonchev–Trinajstić information content (AvgIpc) is 3.19. The van der Waals surface area contributed by atoms with Crippen LogP contribution in [0.15, 0.2) is 22.9 Å². The van der Waals surface area contributed by atoms with Crippen molar-refractivity contribution in [3.8, 4) is 0 Å². The number of hydrogen-bond donors (Lipinski definition) is 0. The van der Waals surface area contributed by atoms with E-state index in [9.17, 15) is 8.42 Å². The molecule has 1 aliphatic carbocycles. The van der Waals surface area contributed by atoms with Gasteiger partial charge in [0.05, 0.1) is 10.7 Å². The fraction of sp³-hybridized carbons (Fsp3) is 0.571. The van der Waals surface area contributed by atoms with Crippen molar-refractivity contribution < 1.29 is 8.42 Å². The van der Waals surface area contributed by atoms with Crippen molar-refractivity contribution in [2.45, 2.75) is 56.0 Å². The van der Waals surface area contributed by atoms with Gasteiger partial charge in [-0.3, -0.25) is 0 Å². The fourth-order valence-corrected chi connectivity index (χ4v) is 5.36. The molecule has 7 heteroatoms. The molecule has 3 rings (SSSR count). The van der Waals surface area contributed by atoms with Crippen LogP contribution in [0.3, 0.4) is 0 Å². The Balaban J connectivity index is 1.79. The topological polar surface area (TPSA) is 64.8 Å². The first-order chi connectivity index (χ1) is 10.1. The second-order valence-electron chi connectivity index (χ2n) is 5.41. The third-order valence-electron chi connectivity index (χ3n) is 3.91. The second-order valence-corrected chi connectivity index (χ2v) is 8.19. The Morgan fingerprint density at radius 1 is 1.38 bits per heavy atom. The molecule has 0 aromatic carbocycles. The van der Waals surface area contributed by atoms with E-state index in [-0.39, 0.29) is 10.9 Å². The second kappa shape index (κ2) is 5.88. The molecule has 5 nitrogen and oxygen atoms in total. The molecule has 2 heterocycles. The average molecular weight is 325 g/mol. The quantitative estimate of drug-likeness (QED) is 0.847. The van der Waals surface area contributed by atoms with Gasteiger partial charge in [-0.15, -0.1) is 11.3 Å². The molecule has 1 saturated carbocycles. The summed E-state index contributed by atoms with van der Waals surface area (Å²) in [5.74, 6) is 0.469. The Bertz CT molecular complexity index is 712. The zero-order valence-electron chi connectivity index (χ0n) is 12.0. The van der Waals surface area contributed by atoms with E-state index >= 15 is 0 Å². The summed E-state index contributed by atoms with van der Waals surface area (Å²) in [5, 5.41) is 3.11. The van der Waals surface area contributed by atoms with Crippen LogP contribution in [-0.2, 0) is 22.1 Å². The number of hydrogen-bond acceptors (Lipinski definition) is 5. The van der Waals surface area contributed by atoms with E-state index in [2.05, 4.69) is 9.97 Å². The van der Waals surface area contributed by atoms with Gasteiger partial charge in [0.25, 0.3) is 0 Å². The molecule has 0 amide bonds. The molecule has 0 bridgehead atoms. The predicted octanol–water partition coefficient (Wildman–Crippen LogP) is 2.99. The normalized spacial score (nSPS) is 16.6. The van der Waals surface area contributed by atoms with Crippen molar-refractivity contribution in [2.75, 3.05) is 0 Å². The highest BCUT2D eigenvalue weighted by Crippen LogP contribution is 2.35. The SMILES string of the molecule is CCn1ccnc1S(=O)(=O)Cc1csc(C2CCCC2)n1. The van der Waals surface area contributed by atoms with Crippen molar-refractivity contribution in [3.05, 3.63) is 28.5 Å². The number of thiazole rings is 1. The lowest BCUT2D eigenvalue weighted by Crippen LogP contribution is -2.12. The Morgan fingerprint density at radius 3 is 2.86 bits per heavy atom. The van der Waals surface area contributed by atoms with Crippen LogP contribution in [0.25, 0.3) is 0 Å². The van der Waals surface area contributed by atoms with Crippen LogP contribution in [-0.4, -0.2) is 23.0 Å². The predicted molar refractivity (Wildman–Crippen MR) is 82.1 cm³/mol. The summed E-state index contributed by atoms with van der Waals surface area (Å²) < 4.78 is 26.6. The van der Waals surface area contributed by atoms with E-state index < -0.39 is 9.84 Å². The lowest BCUT2D eigenvalue weighted by molar-refractivity contribution is 0.567. The van der Waals surface area contributed by atoms with Gasteiger partial charge in [-0.2, -0.15) is 0 Å². The molecule has 0 saturated heterocycles. The van der Waals surface area contributed by atoms with E-state index in [1.54, 1.807) is 22.1 Å². The highest BCUT2D eigenvalue weighted by Gasteiger charge is 2.24. The molecule has 0 atom stereocenters. The highest BCUT2D eigenvalue weighted by atomic mass is 32.2. The third-order valence-corrected chi connectivity index (χ3v) is 6.54. The Morgan fingerprint density at radius 2 is 2.14 bits per heavy atom. The van der Waals surface area contributed by atoms with Crippen LogP contribution in [0.2, 0.25) is 0 Å². The monoisotopic (exact) mass is 325 g/mol. The van der Waals surface area contributed by atoms with Gasteiger partial charge < -0.3 is 4.57 Å². The summed E-state index contributed by atoms with van der Waals surface area (Å²) >= 11 is 1.59. The standard InChI is InChI=1S/C14H19N3O2S2/c1-2-17-8-7-15-14(17)21(18,19)10-12-9-20-13(16-12)11-5-3-4-6-11/h7-9,11H,2-6,10H2,1H3. The Hall–Kier alpha value is -1.21. The fourth-order valence-electron chi connectivity index (χ4n) is 2.82. The number of aromatic nitrogens is 3. The first-order valence-corrected chi connectivity index (χ1v) is 9.81. The van der Waals surface area contributed by atoms with Crippen molar-refractivity contribution in [3.63, 3.8) is 0 Å². The van der Waals surface area contributed by atoms with Crippen molar-refractivity contribution in [1.82, 2.24) is 14.5 Å². The van der Waals surface area contributed by atoms with E-state index in [1.165, 1.54) is 31.9 Å². The lowest BCUT2D eigenvalue weighted by Gasteiger charge is -2.05. The van der Waals surface area contributed by atoms with E-state index in [0.717, 1.165) is 5.01 Å². The minimum Gasteiger partial charge on any atom is -0.322 e. The smallest absolute Gasteiger partial charge is 0.228 e. The number of sulfone groups is 1. The van der Waals surface area contributed by atoms with Gasteiger partial charge in [0.1, 0.15) is 5.75 Å². The maximum atomic E-state index is 12.5. The van der Waals surface area contributed by atoms with Gasteiger partial charge in [-0.1, -0.05) is 12.8 Å². The highest BCUT2D eigenvalue weighted by molar-refractivity contribution is 7.90. The summed E-state index contributed by atoms with van der Waals surface area (Å²) in [6, 6.07) is 0. The molecular formula is C14H19N3O2S2. The summed E-state index contributed by atoms with van der Waals surface area (Å²) in [6.07, 6.45) is 8.09. The Labute approximate surface area is 129 Å². The number of imidazole rings is 1. The number of nitrogens with zero attached hydrogens (tertiary/aromatic N) is 3. The van der Waals surface area contributed by atoms with Gasteiger partial charge in [-0.25, -0.2) is 18.4 Å². The van der Waals surface area contributed by atoms with Crippen molar-refractivity contribution >= 4 is 21.2 Å². The minimum atomic E-state index is -3.43. The van der Waals surface area contributed by atoms with Gasteiger partial charge in [-0.05, 0) is 19.8 Å². The third kappa shape index (κ3) is 3.03. The summed E-state index contributed by atoms with van der Waals surface area (Å²) in [4.78, 5) is 8.53. The molecule has 1 aliphatic rings. The molecule has 1 fully saturated rings. The van der Waals surface area contributed by atoms with E-state index in [4.69, 9.17) is 0 Å². The van der Waals surface area contributed by atoms with Crippen molar-refractivity contribution in [1.29, 1.82) is 0 Å². The molecule has 0 spiro atoms. The van der Waals surface area contributed by atoms with Crippen LogP contribution >= 0.6 is 11.3 Å². The molecule has 0 unspecified atom stereocenters. The molecular weight excluding hydrogens is 306 g/mol. The Kier molecular flexibility index (Phi) is 4.12. The van der Waals surface area contributed by atoms with Crippen LogP contribution in [0.5, 0.6) is 0 Å². The lowest BCUT2D eigenvalue weighted by atomic mass is 10.1. The van der Waals surface area contributed by atoms with Crippen molar-refractivity contribution in [2.24, 2.45) is 0 Å². The summed E-state index contributed by atoms with van der Waals surface area (Å²) in [5.41, 5.74) is 0.646. The van der Waals surface area contributed by atoms with E-state index in [1.807, 2.05) is 12.3 Å². The molecule has 0 radical (unpaired) electrons. The van der Waals surface area contributed by atoms with Gasteiger partial charge in [0.15, 0.2) is 0 Å². The molecule has 0 aliphatic heterocycles. The zero-order chi connectivity index (χ0) is 14.9. The first kappa shape index (κ1) is 14.7. The number of rotatable bonds is 5. The van der Waals surface area contributed by atoms with Crippen LogP contribution in [0.1, 0.15) is 49.2 Å². The van der Waals surface area contributed by atoms with Gasteiger partial charge in [0.2, 0.25) is 15.0 Å². The van der Waals surface area contributed by atoms with Gasteiger partial charge >= 0.3 is 0 Å². The number of aryl methyl sites for hydroxylation is 1. The van der Waals surface area contributed by atoms with Gasteiger partial charge in [0, 0.05) is 30.2 Å². The molecule has 0 N–H and O–H groups in total. The van der Waals surface area contributed by atoms with Crippen LogP contribution < -0.4 is 0 Å². The first-order valence-electron chi connectivity index (χ1n) is 7.28. The largest absolute Gasteiger partial charge is 0.322 e. The summed E-state index contributed by atoms with van der Waals surface area (Å²) in [7, 11) is -3.43. The minimum absolute atomic E-state index is 0.0623. The van der Waals surface area contributed by atoms with Crippen LogP contribution in [0, 0.1) is 0 Å². The molecule has 21 heavy (non-hydrogen) atoms. The maximum Gasteiger partial charge on any atom is 0.228 e. The van der Waals surface area contributed by atoms with E-state index in [0.29, 0.717) is 18.2 Å². The molecule has 114 valence electrons. The molecule has 2 aromatic rings. The zero-order valence-corrected chi connectivity index (χ0v) is 13.7. The maximum absolute atomic E-state index is 12.5. The molecule has 2 aromatic heterocycles. The summed E-state index contributed by atoms with van der Waals surface area (Å²) in [6.45, 7) is 2.50.